The van der Waals surface area contributed by atoms with Crippen molar-refractivity contribution >= 4 is 44.0 Å². The SMILES string of the molecule is Cc1ccc(S(=O)(=O)Nc2ccc(I)cc2)c(N)c1. The highest BCUT2D eigenvalue weighted by atomic mass is 127. The number of halogens is 1. The Morgan fingerprint density at radius 1 is 1.11 bits per heavy atom. The highest BCUT2D eigenvalue weighted by molar-refractivity contribution is 14.1. The van der Waals surface area contributed by atoms with Gasteiger partial charge < -0.3 is 5.73 Å². The number of nitrogens with two attached hydrogens (primary N) is 1. The molecule has 0 aliphatic rings. The van der Waals surface area contributed by atoms with Crippen molar-refractivity contribution in [2.75, 3.05) is 10.5 Å². The molecule has 4 nitrogen and oxygen atoms in total. The van der Waals surface area contributed by atoms with E-state index in [1.165, 1.54) is 6.07 Å². The molecule has 19 heavy (non-hydrogen) atoms. The molecule has 0 unspecified atom stereocenters. The number of sulfonamides is 1. The Labute approximate surface area is 126 Å². The van der Waals surface area contributed by atoms with E-state index in [1.54, 1.807) is 24.3 Å². The van der Waals surface area contributed by atoms with E-state index >= 15 is 0 Å². The first-order valence-corrected chi connectivity index (χ1v) is 8.09. The fourth-order valence-electron chi connectivity index (χ4n) is 1.64. The molecule has 0 aliphatic carbocycles. The first-order valence-electron chi connectivity index (χ1n) is 5.53. The maximum absolute atomic E-state index is 12.2. The summed E-state index contributed by atoms with van der Waals surface area (Å²) in [6, 6.07) is 12.0. The summed E-state index contributed by atoms with van der Waals surface area (Å²) in [6.07, 6.45) is 0. The van der Waals surface area contributed by atoms with Crippen molar-refractivity contribution in [2.24, 2.45) is 0 Å². The van der Waals surface area contributed by atoms with Gasteiger partial charge in [-0.3, -0.25) is 4.72 Å². The number of aryl methyl sites for hydroxylation is 1. The molecule has 0 aliphatic heterocycles. The molecule has 2 rings (SSSR count). The molecule has 0 radical (unpaired) electrons. The van der Waals surface area contributed by atoms with Crippen LogP contribution < -0.4 is 10.5 Å². The highest BCUT2D eigenvalue weighted by Gasteiger charge is 2.17. The Hall–Kier alpha value is -1.28. The van der Waals surface area contributed by atoms with Gasteiger partial charge in [0.2, 0.25) is 0 Å². The van der Waals surface area contributed by atoms with Crippen molar-refractivity contribution in [3.63, 3.8) is 0 Å². The van der Waals surface area contributed by atoms with Crippen molar-refractivity contribution in [2.45, 2.75) is 11.8 Å². The second-order valence-electron chi connectivity index (χ2n) is 4.15. The lowest BCUT2D eigenvalue weighted by molar-refractivity contribution is 0.601. The smallest absolute Gasteiger partial charge is 0.263 e. The monoisotopic (exact) mass is 388 g/mol. The summed E-state index contributed by atoms with van der Waals surface area (Å²) in [4.78, 5) is 0.0941. The van der Waals surface area contributed by atoms with E-state index in [1.807, 2.05) is 19.1 Å². The zero-order chi connectivity index (χ0) is 14.0. The summed E-state index contributed by atoms with van der Waals surface area (Å²) >= 11 is 2.16. The molecule has 0 fully saturated rings. The summed E-state index contributed by atoms with van der Waals surface area (Å²) in [5.74, 6) is 0. The average Bonchev–Trinajstić information content (AvgIpc) is 2.31. The Bertz CT molecular complexity index is 697. The third-order valence-corrected chi connectivity index (χ3v) is 4.73. The highest BCUT2D eigenvalue weighted by Crippen LogP contribution is 2.22. The Morgan fingerprint density at radius 2 is 1.74 bits per heavy atom. The summed E-state index contributed by atoms with van der Waals surface area (Å²) in [5, 5.41) is 0. The van der Waals surface area contributed by atoms with Crippen LogP contribution in [0.1, 0.15) is 5.56 Å². The number of benzene rings is 2. The van der Waals surface area contributed by atoms with E-state index in [0.29, 0.717) is 5.69 Å². The van der Waals surface area contributed by atoms with Gasteiger partial charge in [-0.05, 0) is 71.5 Å². The summed E-state index contributed by atoms with van der Waals surface area (Å²) in [5.41, 5.74) is 7.45. The van der Waals surface area contributed by atoms with Gasteiger partial charge in [0.25, 0.3) is 10.0 Å². The van der Waals surface area contributed by atoms with Gasteiger partial charge >= 0.3 is 0 Å². The molecule has 0 atom stereocenters. The molecule has 2 aromatic rings. The minimum Gasteiger partial charge on any atom is -0.398 e. The lowest BCUT2D eigenvalue weighted by atomic mass is 10.2. The van der Waals surface area contributed by atoms with Gasteiger partial charge in [-0.25, -0.2) is 8.42 Å². The lowest BCUT2D eigenvalue weighted by Crippen LogP contribution is -2.14. The minimum absolute atomic E-state index is 0.0941. The largest absolute Gasteiger partial charge is 0.398 e. The van der Waals surface area contributed by atoms with Gasteiger partial charge in [-0.2, -0.15) is 0 Å². The molecule has 0 bridgehead atoms. The second-order valence-corrected chi connectivity index (χ2v) is 7.05. The van der Waals surface area contributed by atoms with Crippen LogP contribution in [0.3, 0.4) is 0 Å². The molecule has 0 spiro atoms. The van der Waals surface area contributed by atoms with Crippen LogP contribution in [0, 0.1) is 10.5 Å². The van der Waals surface area contributed by atoms with Crippen molar-refractivity contribution in [3.05, 3.63) is 51.6 Å². The number of rotatable bonds is 3. The molecular weight excluding hydrogens is 375 g/mol. The predicted octanol–water partition coefficient (Wildman–Crippen LogP) is 2.98. The third-order valence-electron chi connectivity index (χ3n) is 2.55. The minimum atomic E-state index is -3.65. The maximum Gasteiger partial charge on any atom is 0.263 e. The quantitative estimate of drug-likeness (QED) is 0.627. The number of hydrogen-bond acceptors (Lipinski definition) is 3. The molecular formula is C13H13IN2O2S. The van der Waals surface area contributed by atoms with Crippen LogP contribution in [0.15, 0.2) is 47.4 Å². The van der Waals surface area contributed by atoms with Crippen LogP contribution in [-0.4, -0.2) is 8.42 Å². The molecule has 0 saturated heterocycles. The normalized spacial score (nSPS) is 11.3. The van der Waals surface area contributed by atoms with E-state index < -0.39 is 10.0 Å². The fourth-order valence-corrected chi connectivity index (χ4v) is 3.17. The first kappa shape index (κ1) is 14.1. The number of nitrogen functional groups attached to an aromatic ring is 1. The van der Waals surface area contributed by atoms with Crippen LogP contribution >= 0.6 is 22.6 Å². The van der Waals surface area contributed by atoms with E-state index in [4.69, 9.17) is 5.73 Å². The van der Waals surface area contributed by atoms with E-state index in [0.717, 1.165) is 9.13 Å². The van der Waals surface area contributed by atoms with Crippen LogP contribution in [-0.2, 0) is 10.0 Å². The van der Waals surface area contributed by atoms with Gasteiger partial charge in [0.1, 0.15) is 4.90 Å². The zero-order valence-corrected chi connectivity index (χ0v) is 13.2. The van der Waals surface area contributed by atoms with Crippen LogP contribution in [0.4, 0.5) is 11.4 Å². The molecule has 0 aromatic heterocycles. The Morgan fingerprint density at radius 3 is 2.32 bits per heavy atom. The van der Waals surface area contributed by atoms with Crippen molar-refractivity contribution in [1.29, 1.82) is 0 Å². The van der Waals surface area contributed by atoms with E-state index in [-0.39, 0.29) is 10.6 Å². The van der Waals surface area contributed by atoms with E-state index in [2.05, 4.69) is 27.3 Å². The molecule has 100 valence electrons. The van der Waals surface area contributed by atoms with Crippen molar-refractivity contribution in [1.82, 2.24) is 0 Å². The molecule has 6 heteroatoms. The van der Waals surface area contributed by atoms with Crippen molar-refractivity contribution in [3.8, 4) is 0 Å². The van der Waals surface area contributed by atoms with Gasteiger partial charge in [0.05, 0.1) is 5.69 Å². The summed E-state index contributed by atoms with van der Waals surface area (Å²) < 4.78 is 28.0. The molecule has 2 aromatic carbocycles. The van der Waals surface area contributed by atoms with Gasteiger partial charge in [0, 0.05) is 9.26 Å². The van der Waals surface area contributed by atoms with Crippen LogP contribution in [0.2, 0.25) is 0 Å². The molecule has 0 saturated carbocycles. The molecule has 0 amide bonds. The zero-order valence-electron chi connectivity index (χ0n) is 10.2. The molecule has 0 heterocycles. The number of anilines is 2. The molecule has 3 N–H and O–H groups in total. The Balaban J connectivity index is 2.35. The summed E-state index contributed by atoms with van der Waals surface area (Å²) in [6.45, 7) is 1.86. The second kappa shape index (κ2) is 5.38. The fraction of sp³-hybridized carbons (Fsp3) is 0.0769. The number of nitrogens with one attached hydrogen (secondary N) is 1. The average molecular weight is 388 g/mol. The maximum atomic E-state index is 12.2. The number of hydrogen-bond donors (Lipinski definition) is 2. The lowest BCUT2D eigenvalue weighted by Gasteiger charge is -2.10. The third kappa shape index (κ3) is 3.38. The standard InChI is InChI=1S/C13H13IN2O2S/c1-9-2-7-13(12(15)8-9)19(17,18)16-11-5-3-10(14)4-6-11/h2-8,16H,15H2,1H3. The Kier molecular flexibility index (Phi) is 4.00. The van der Waals surface area contributed by atoms with Crippen LogP contribution in [0.25, 0.3) is 0 Å². The first-order chi connectivity index (χ1) is 8.88. The van der Waals surface area contributed by atoms with Gasteiger partial charge in [-0.15, -0.1) is 0 Å². The van der Waals surface area contributed by atoms with Gasteiger partial charge in [-0.1, -0.05) is 6.07 Å². The van der Waals surface area contributed by atoms with Crippen molar-refractivity contribution < 1.29 is 8.42 Å². The topological polar surface area (TPSA) is 72.2 Å². The van der Waals surface area contributed by atoms with Gasteiger partial charge in [0.15, 0.2) is 0 Å². The van der Waals surface area contributed by atoms with E-state index in [9.17, 15) is 8.42 Å². The predicted molar refractivity (Wildman–Crippen MR) is 85.6 cm³/mol. The summed E-state index contributed by atoms with van der Waals surface area (Å²) in [7, 11) is -3.65. The van der Waals surface area contributed by atoms with Crippen LogP contribution in [0.5, 0.6) is 0 Å².